The van der Waals surface area contributed by atoms with Gasteiger partial charge in [-0.1, -0.05) is 6.07 Å². The largest absolute Gasteiger partial charge is 0.375 e. The normalized spacial score (nSPS) is 17.4. The van der Waals surface area contributed by atoms with E-state index in [-0.39, 0.29) is 24.6 Å². The lowest BCUT2D eigenvalue weighted by Gasteiger charge is -2.19. The molecule has 4 N–H and O–H groups in total. The number of nitrogens with one attached hydrogen (secondary N) is 2. The second kappa shape index (κ2) is 7.24. The van der Waals surface area contributed by atoms with Crippen molar-refractivity contribution in [2.24, 2.45) is 5.73 Å². The molecule has 22 heavy (non-hydrogen) atoms. The Bertz CT molecular complexity index is 562. The van der Waals surface area contributed by atoms with Crippen LogP contribution in [0.15, 0.2) is 18.2 Å². The number of nitrogens with two attached hydrogens (primary N) is 1. The van der Waals surface area contributed by atoms with Crippen molar-refractivity contribution in [2.75, 3.05) is 37.4 Å². The number of benzene rings is 1. The zero-order valence-electron chi connectivity index (χ0n) is 12.9. The predicted octanol–water partition coefficient (Wildman–Crippen LogP) is 1.14. The molecule has 1 heterocycles. The highest BCUT2D eigenvalue weighted by Gasteiger charge is 2.24. The van der Waals surface area contributed by atoms with Gasteiger partial charge in [-0.05, 0) is 31.0 Å². The Morgan fingerprint density at radius 3 is 2.64 bits per heavy atom. The summed E-state index contributed by atoms with van der Waals surface area (Å²) in [6, 6.07) is 5.24. The number of rotatable bonds is 4. The lowest BCUT2D eigenvalue weighted by Crippen LogP contribution is -2.35. The fourth-order valence-electron chi connectivity index (χ4n) is 2.39. The molecule has 0 aliphatic carbocycles. The number of ether oxygens (including phenoxy) is 1. The van der Waals surface area contributed by atoms with E-state index >= 15 is 0 Å². The van der Waals surface area contributed by atoms with Crippen molar-refractivity contribution < 1.29 is 14.3 Å². The van der Waals surface area contributed by atoms with Gasteiger partial charge in [0.25, 0.3) is 0 Å². The van der Waals surface area contributed by atoms with Crippen molar-refractivity contribution in [2.45, 2.75) is 19.4 Å². The van der Waals surface area contributed by atoms with E-state index in [9.17, 15) is 9.59 Å². The highest BCUT2D eigenvalue weighted by atomic mass is 16.5. The number of hydrogen-bond acceptors (Lipinski definition) is 4. The fraction of sp³-hybridized carbons (Fsp3) is 0.467. The van der Waals surface area contributed by atoms with Crippen LogP contribution in [0.25, 0.3) is 0 Å². The standard InChI is InChI=1S/C15H22N4O3/c1-10-12(17-14(20)9-22-2)4-3-5-13(10)18-15(21)19-7-6-11(16)8-19/h3-5,11H,6-9,16H2,1-2H3,(H,17,20)(H,18,21)/t11-/m0/s1. The Morgan fingerprint density at radius 1 is 1.36 bits per heavy atom. The SMILES string of the molecule is COCC(=O)Nc1cccc(NC(=O)N2CC[C@H](N)C2)c1C. The van der Waals surface area contributed by atoms with E-state index < -0.39 is 0 Å². The molecule has 0 bridgehead atoms. The molecule has 7 heteroatoms. The first-order valence-corrected chi connectivity index (χ1v) is 7.21. The van der Waals surface area contributed by atoms with Gasteiger partial charge in [-0.15, -0.1) is 0 Å². The van der Waals surface area contributed by atoms with Gasteiger partial charge in [-0.25, -0.2) is 4.79 Å². The summed E-state index contributed by atoms with van der Waals surface area (Å²) < 4.78 is 4.79. The summed E-state index contributed by atoms with van der Waals surface area (Å²) in [6.07, 6.45) is 0.819. The topological polar surface area (TPSA) is 96.7 Å². The number of likely N-dealkylation sites (tertiary alicyclic amines) is 1. The number of methoxy groups -OCH3 is 1. The smallest absolute Gasteiger partial charge is 0.321 e. The summed E-state index contributed by atoms with van der Waals surface area (Å²) in [6.45, 7) is 3.06. The van der Waals surface area contributed by atoms with Gasteiger partial charge in [-0.2, -0.15) is 0 Å². The van der Waals surface area contributed by atoms with Crippen molar-refractivity contribution in [3.63, 3.8) is 0 Å². The summed E-state index contributed by atoms with van der Waals surface area (Å²) in [5.74, 6) is -0.236. The number of nitrogens with zero attached hydrogens (tertiary/aromatic N) is 1. The summed E-state index contributed by atoms with van der Waals surface area (Å²) >= 11 is 0. The monoisotopic (exact) mass is 306 g/mol. The zero-order valence-corrected chi connectivity index (χ0v) is 12.9. The molecular weight excluding hydrogens is 284 g/mol. The van der Waals surface area contributed by atoms with E-state index in [1.54, 1.807) is 23.1 Å². The number of anilines is 2. The maximum absolute atomic E-state index is 12.2. The first-order chi connectivity index (χ1) is 10.5. The lowest BCUT2D eigenvalue weighted by molar-refractivity contribution is -0.119. The Balaban J connectivity index is 2.05. The molecule has 1 atom stereocenters. The van der Waals surface area contributed by atoms with Crippen LogP contribution in [0.3, 0.4) is 0 Å². The lowest BCUT2D eigenvalue weighted by atomic mass is 10.1. The number of carbonyl (C=O) groups is 2. The molecule has 7 nitrogen and oxygen atoms in total. The first-order valence-electron chi connectivity index (χ1n) is 7.21. The first kappa shape index (κ1) is 16.3. The van der Waals surface area contributed by atoms with Crippen molar-refractivity contribution in [3.8, 4) is 0 Å². The quantitative estimate of drug-likeness (QED) is 0.777. The molecule has 1 saturated heterocycles. The summed E-state index contributed by atoms with van der Waals surface area (Å²) in [5.41, 5.74) is 7.93. The number of urea groups is 1. The predicted molar refractivity (Wildman–Crippen MR) is 84.9 cm³/mol. The molecule has 1 aliphatic rings. The molecule has 2 rings (SSSR count). The highest BCUT2D eigenvalue weighted by molar-refractivity contribution is 5.95. The van der Waals surface area contributed by atoms with Crippen molar-refractivity contribution >= 4 is 23.3 Å². The Kier molecular flexibility index (Phi) is 5.35. The van der Waals surface area contributed by atoms with Gasteiger partial charge in [-0.3, -0.25) is 4.79 Å². The molecule has 1 aromatic rings. The van der Waals surface area contributed by atoms with Gasteiger partial charge in [0.1, 0.15) is 6.61 Å². The minimum Gasteiger partial charge on any atom is -0.375 e. The average molecular weight is 306 g/mol. The minimum absolute atomic E-state index is 0.0122. The molecule has 0 radical (unpaired) electrons. The van der Waals surface area contributed by atoms with Crippen molar-refractivity contribution in [1.82, 2.24) is 4.90 Å². The Morgan fingerprint density at radius 2 is 2.05 bits per heavy atom. The maximum atomic E-state index is 12.2. The van der Waals surface area contributed by atoms with E-state index in [1.165, 1.54) is 7.11 Å². The summed E-state index contributed by atoms with van der Waals surface area (Å²) in [5, 5.41) is 5.62. The summed E-state index contributed by atoms with van der Waals surface area (Å²) in [4.78, 5) is 25.5. The van der Waals surface area contributed by atoms with Crippen LogP contribution in [0.4, 0.5) is 16.2 Å². The van der Waals surface area contributed by atoms with Gasteiger partial charge in [0.2, 0.25) is 5.91 Å². The van der Waals surface area contributed by atoms with Crippen LogP contribution in [0, 0.1) is 6.92 Å². The van der Waals surface area contributed by atoms with E-state index in [0.717, 1.165) is 12.0 Å². The number of amides is 3. The number of carbonyl (C=O) groups excluding carboxylic acids is 2. The molecule has 3 amide bonds. The average Bonchev–Trinajstić information content (AvgIpc) is 2.90. The molecule has 0 saturated carbocycles. The van der Waals surface area contributed by atoms with Gasteiger partial charge in [0.05, 0.1) is 0 Å². The Hall–Kier alpha value is -2.12. The number of hydrogen-bond donors (Lipinski definition) is 3. The molecule has 120 valence electrons. The van der Waals surface area contributed by atoms with E-state index in [4.69, 9.17) is 10.5 Å². The van der Waals surface area contributed by atoms with Crippen LogP contribution in [0.2, 0.25) is 0 Å². The third kappa shape index (κ3) is 3.96. The summed E-state index contributed by atoms with van der Waals surface area (Å²) in [7, 11) is 1.46. The van der Waals surface area contributed by atoms with Crippen LogP contribution in [0.1, 0.15) is 12.0 Å². The zero-order chi connectivity index (χ0) is 16.1. The van der Waals surface area contributed by atoms with Crippen LogP contribution in [-0.2, 0) is 9.53 Å². The van der Waals surface area contributed by atoms with E-state index in [1.807, 2.05) is 6.92 Å². The van der Waals surface area contributed by atoms with Crippen molar-refractivity contribution in [3.05, 3.63) is 23.8 Å². The highest BCUT2D eigenvalue weighted by Crippen LogP contribution is 2.24. The molecular formula is C15H22N4O3. The minimum atomic E-state index is -0.236. The Labute approximate surface area is 129 Å². The van der Waals surface area contributed by atoms with Crippen LogP contribution in [-0.4, -0.2) is 49.7 Å². The van der Waals surface area contributed by atoms with Crippen LogP contribution >= 0.6 is 0 Å². The molecule has 1 fully saturated rings. The van der Waals surface area contributed by atoms with Crippen LogP contribution in [0.5, 0.6) is 0 Å². The molecule has 1 aromatic carbocycles. The third-order valence-corrected chi connectivity index (χ3v) is 3.64. The molecule has 0 spiro atoms. The van der Waals surface area contributed by atoms with E-state index in [0.29, 0.717) is 24.5 Å². The van der Waals surface area contributed by atoms with Gasteiger partial charge < -0.3 is 26.0 Å². The second-order valence-corrected chi connectivity index (χ2v) is 5.38. The van der Waals surface area contributed by atoms with Gasteiger partial charge in [0, 0.05) is 37.6 Å². The molecule has 1 aliphatic heterocycles. The molecule has 0 unspecified atom stereocenters. The van der Waals surface area contributed by atoms with Crippen LogP contribution < -0.4 is 16.4 Å². The van der Waals surface area contributed by atoms with Gasteiger partial charge >= 0.3 is 6.03 Å². The van der Waals surface area contributed by atoms with Crippen molar-refractivity contribution in [1.29, 1.82) is 0 Å². The fourth-order valence-corrected chi connectivity index (χ4v) is 2.39. The van der Waals surface area contributed by atoms with Gasteiger partial charge in [0.15, 0.2) is 0 Å². The molecule has 0 aromatic heterocycles. The van der Waals surface area contributed by atoms with E-state index in [2.05, 4.69) is 10.6 Å². The third-order valence-electron chi connectivity index (χ3n) is 3.64. The maximum Gasteiger partial charge on any atom is 0.321 e. The second-order valence-electron chi connectivity index (χ2n) is 5.38.